The Morgan fingerprint density at radius 1 is 1.24 bits per heavy atom. The molecule has 2 aromatic carbocycles. The molecule has 1 aromatic heterocycles. The summed E-state index contributed by atoms with van der Waals surface area (Å²) in [6.45, 7) is -0.118. The van der Waals surface area contributed by atoms with E-state index >= 15 is 0 Å². The number of nitro groups is 1. The average molecular weight is 398 g/mol. The first-order valence-corrected chi connectivity index (χ1v) is 8.68. The minimum Gasteiger partial charge on any atom is -0.496 e. The predicted molar refractivity (Wildman–Crippen MR) is 102 cm³/mol. The summed E-state index contributed by atoms with van der Waals surface area (Å²) in [5.74, 6) is -0.594. The number of methoxy groups -OCH3 is 1. The molecule has 0 aliphatic rings. The summed E-state index contributed by atoms with van der Waals surface area (Å²) in [6, 6.07) is 11.2. The fourth-order valence-corrected chi connectivity index (χ4v) is 2.72. The molecule has 0 unspecified atom stereocenters. The Morgan fingerprint density at radius 2 is 2.03 bits per heavy atom. The molecule has 0 radical (unpaired) electrons. The lowest BCUT2D eigenvalue weighted by molar-refractivity contribution is -0.385. The highest BCUT2D eigenvalue weighted by molar-refractivity contribution is 6.04. The van der Waals surface area contributed by atoms with Gasteiger partial charge in [-0.05, 0) is 12.1 Å². The number of carbonyl (C=O) groups is 2. The maximum atomic E-state index is 12.2. The van der Waals surface area contributed by atoms with E-state index in [0.717, 1.165) is 5.52 Å². The van der Waals surface area contributed by atoms with Crippen LogP contribution in [0.3, 0.4) is 0 Å². The van der Waals surface area contributed by atoms with E-state index in [-0.39, 0.29) is 31.0 Å². The molecule has 2 N–H and O–H groups in total. The molecule has 0 aliphatic carbocycles. The normalized spacial score (nSPS) is 10.5. The van der Waals surface area contributed by atoms with Gasteiger partial charge in [0.15, 0.2) is 5.69 Å². The number of H-pyrrole nitrogens is 1. The van der Waals surface area contributed by atoms with Crippen LogP contribution in [0.15, 0.2) is 42.5 Å². The Bertz CT molecular complexity index is 1060. The molecular formula is C19H18N4O6. The number of non-ortho nitro benzene ring substituents is 1. The molecule has 1 heterocycles. The molecule has 0 spiro atoms. The zero-order chi connectivity index (χ0) is 20.8. The first-order chi connectivity index (χ1) is 14.0. The zero-order valence-electron chi connectivity index (χ0n) is 15.5. The summed E-state index contributed by atoms with van der Waals surface area (Å²) in [4.78, 5) is 34.5. The van der Waals surface area contributed by atoms with Crippen molar-refractivity contribution in [3.8, 4) is 5.75 Å². The molecular weight excluding hydrogens is 380 g/mol. The summed E-state index contributed by atoms with van der Waals surface area (Å²) < 4.78 is 10.3. The molecule has 0 saturated heterocycles. The van der Waals surface area contributed by atoms with Crippen LogP contribution in [0.2, 0.25) is 0 Å². The van der Waals surface area contributed by atoms with Gasteiger partial charge in [0.25, 0.3) is 11.6 Å². The highest BCUT2D eigenvalue weighted by atomic mass is 16.6. The number of esters is 1. The van der Waals surface area contributed by atoms with Gasteiger partial charge in [-0.1, -0.05) is 18.2 Å². The number of nitrogens with zero attached hydrogens (tertiary/aromatic N) is 2. The van der Waals surface area contributed by atoms with Crippen LogP contribution in [0.25, 0.3) is 10.9 Å². The van der Waals surface area contributed by atoms with Crippen molar-refractivity contribution in [1.82, 2.24) is 15.5 Å². The van der Waals surface area contributed by atoms with E-state index in [4.69, 9.17) is 9.47 Å². The van der Waals surface area contributed by atoms with Gasteiger partial charge < -0.3 is 14.8 Å². The van der Waals surface area contributed by atoms with Gasteiger partial charge in [-0.25, -0.2) is 0 Å². The Kier molecular flexibility index (Phi) is 6.03. The molecule has 29 heavy (non-hydrogen) atoms. The topological polar surface area (TPSA) is 136 Å². The number of ether oxygens (including phenoxy) is 2. The highest BCUT2D eigenvalue weighted by Crippen LogP contribution is 2.24. The smallest absolute Gasteiger partial charge is 0.307 e. The van der Waals surface area contributed by atoms with Gasteiger partial charge in [0.05, 0.1) is 24.0 Å². The van der Waals surface area contributed by atoms with Crippen molar-refractivity contribution in [2.24, 2.45) is 0 Å². The van der Waals surface area contributed by atoms with E-state index in [9.17, 15) is 19.7 Å². The number of aromatic nitrogens is 2. The number of amides is 1. The van der Waals surface area contributed by atoms with Crippen LogP contribution >= 0.6 is 0 Å². The summed E-state index contributed by atoms with van der Waals surface area (Å²) in [6.07, 6.45) is -0.0641. The average Bonchev–Trinajstić information content (AvgIpc) is 3.16. The standard InChI is InChI=1S/C19H18N4O6/c1-28-16-7-6-13(23(26)27)10-12(16)11-29-17(24)8-9-20-19(25)18-14-4-2-3-5-15(14)21-22-18/h2-7,10H,8-9,11H2,1H3,(H,20,25)(H,21,22). The van der Waals surface area contributed by atoms with Crippen molar-refractivity contribution in [1.29, 1.82) is 0 Å². The van der Waals surface area contributed by atoms with Crippen molar-refractivity contribution in [3.63, 3.8) is 0 Å². The van der Waals surface area contributed by atoms with Crippen LogP contribution in [-0.4, -0.2) is 40.7 Å². The summed E-state index contributed by atoms with van der Waals surface area (Å²) in [5, 5.41) is 20.9. The summed E-state index contributed by atoms with van der Waals surface area (Å²) >= 11 is 0. The van der Waals surface area contributed by atoms with Gasteiger partial charge in [0, 0.05) is 29.6 Å². The van der Waals surface area contributed by atoms with Crippen LogP contribution < -0.4 is 10.1 Å². The number of hydrogen-bond acceptors (Lipinski definition) is 7. The molecule has 10 heteroatoms. The van der Waals surface area contributed by atoms with Gasteiger partial charge in [-0.2, -0.15) is 5.10 Å². The van der Waals surface area contributed by atoms with E-state index in [0.29, 0.717) is 16.7 Å². The molecule has 0 aliphatic heterocycles. The minimum atomic E-state index is -0.564. The van der Waals surface area contributed by atoms with Crippen LogP contribution in [-0.2, 0) is 16.1 Å². The fraction of sp³-hybridized carbons (Fsp3) is 0.211. The third-order valence-corrected chi connectivity index (χ3v) is 4.16. The fourth-order valence-electron chi connectivity index (χ4n) is 2.72. The number of benzene rings is 2. The van der Waals surface area contributed by atoms with Gasteiger partial charge in [-0.15, -0.1) is 0 Å². The van der Waals surface area contributed by atoms with Crippen molar-refractivity contribution in [2.75, 3.05) is 13.7 Å². The third kappa shape index (κ3) is 4.67. The van der Waals surface area contributed by atoms with Crippen molar-refractivity contribution < 1.29 is 24.0 Å². The van der Waals surface area contributed by atoms with Crippen molar-refractivity contribution in [2.45, 2.75) is 13.0 Å². The molecule has 0 saturated carbocycles. The van der Waals surface area contributed by atoms with Gasteiger partial charge in [0.1, 0.15) is 12.4 Å². The lowest BCUT2D eigenvalue weighted by Gasteiger charge is -2.09. The number of aromatic amines is 1. The number of para-hydroxylation sites is 1. The van der Waals surface area contributed by atoms with Crippen molar-refractivity contribution >= 4 is 28.5 Å². The molecule has 150 valence electrons. The molecule has 3 aromatic rings. The van der Waals surface area contributed by atoms with Gasteiger partial charge >= 0.3 is 5.97 Å². The molecule has 1 amide bonds. The predicted octanol–water partition coefficient (Wildman–Crippen LogP) is 2.34. The molecule has 10 nitrogen and oxygen atoms in total. The number of nitro benzene ring substituents is 1. The molecule has 0 fully saturated rings. The third-order valence-electron chi connectivity index (χ3n) is 4.16. The highest BCUT2D eigenvalue weighted by Gasteiger charge is 2.15. The Labute approximate surface area is 165 Å². The second kappa shape index (κ2) is 8.83. The van der Waals surface area contributed by atoms with Crippen LogP contribution in [0.4, 0.5) is 5.69 Å². The first kappa shape index (κ1) is 19.8. The van der Waals surface area contributed by atoms with E-state index < -0.39 is 16.8 Å². The lowest BCUT2D eigenvalue weighted by Crippen LogP contribution is -2.27. The zero-order valence-corrected chi connectivity index (χ0v) is 15.5. The monoisotopic (exact) mass is 398 g/mol. The van der Waals surface area contributed by atoms with E-state index in [1.54, 1.807) is 18.2 Å². The number of hydrogen-bond donors (Lipinski definition) is 2. The maximum Gasteiger partial charge on any atom is 0.307 e. The number of fused-ring (bicyclic) bond motifs is 1. The second-order valence-corrected chi connectivity index (χ2v) is 6.04. The first-order valence-electron chi connectivity index (χ1n) is 8.68. The van der Waals surface area contributed by atoms with Crippen LogP contribution in [0.5, 0.6) is 5.75 Å². The number of nitrogens with one attached hydrogen (secondary N) is 2. The largest absolute Gasteiger partial charge is 0.496 e. The quantitative estimate of drug-likeness (QED) is 0.337. The molecule has 0 atom stereocenters. The maximum absolute atomic E-state index is 12.2. The van der Waals surface area contributed by atoms with E-state index in [1.165, 1.54) is 25.3 Å². The molecule has 3 rings (SSSR count). The van der Waals surface area contributed by atoms with E-state index in [1.807, 2.05) is 6.07 Å². The summed E-state index contributed by atoms with van der Waals surface area (Å²) in [5.41, 5.74) is 1.23. The Hall–Kier alpha value is -3.95. The lowest BCUT2D eigenvalue weighted by atomic mass is 10.2. The Balaban J connectivity index is 1.51. The Morgan fingerprint density at radius 3 is 2.79 bits per heavy atom. The van der Waals surface area contributed by atoms with Gasteiger partial charge in [-0.3, -0.25) is 24.8 Å². The minimum absolute atomic E-state index is 0.0604. The van der Waals surface area contributed by atoms with Crippen molar-refractivity contribution in [3.05, 3.63) is 63.8 Å². The van der Waals surface area contributed by atoms with Crippen LogP contribution in [0.1, 0.15) is 22.5 Å². The number of rotatable bonds is 8. The SMILES string of the molecule is COc1ccc([N+](=O)[O-])cc1COC(=O)CCNC(=O)c1n[nH]c2ccccc12. The van der Waals surface area contributed by atoms with Gasteiger partial charge in [0.2, 0.25) is 0 Å². The van der Waals surface area contributed by atoms with Crippen LogP contribution in [0, 0.1) is 10.1 Å². The number of carbonyl (C=O) groups excluding carboxylic acids is 2. The molecule has 0 bridgehead atoms. The van der Waals surface area contributed by atoms with E-state index in [2.05, 4.69) is 15.5 Å². The summed E-state index contributed by atoms with van der Waals surface area (Å²) in [7, 11) is 1.42. The second-order valence-electron chi connectivity index (χ2n) is 6.04.